The zero-order chi connectivity index (χ0) is 15.1. The van der Waals surface area contributed by atoms with Crippen molar-refractivity contribution in [3.05, 3.63) is 64.4 Å². The number of aryl methyl sites for hydroxylation is 1. The van der Waals surface area contributed by atoms with Gasteiger partial charge in [-0.1, -0.05) is 42.8 Å². The van der Waals surface area contributed by atoms with Crippen LogP contribution in [0.4, 0.5) is 0 Å². The van der Waals surface area contributed by atoms with Gasteiger partial charge in [-0.15, -0.1) is 0 Å². The minimum atomic E-state index is 0.394. The molecule has 1 heterocycles. The molecule has 2 rings (SSSR count). The van der Waals surface area contributed by atoms with E-state index in [2.05, 4.69) is 48.4 Å². The van der Waals surface area contributed by atoms with Gasteiger partial charge < -0.3 is 5.32 Å². The third-order valence-electron chi connectivity index (χ3n) is 3.73. The summed E-state index contributed by atoms with van der Waals surface area (Å²) in [6, 6.07) is 11.0. The fourth-order valence-corrected chi connectivity index (χ4v) is 2.70. The predicted molar refractivity (Wildman–Crippen MR) is 89.9 cm³/mol. The van der Waals surface area contributed by atoms with Crippen LogP contribution in [0, 0.1) is 6.92 Å². The Balaban J connectivity index is 2.11. The lowest BCUT2D eigenvalue weighted by molar-refractivity contribution is 0.504. The van der Waals surface area contributed by atoms with E-state index in [1.165, 1.54) is 11.1 Å². The molecule has 112 valence electrons. The standard InChI is InChI=1S/C18H23ClN2/c1-3-9-21-17(11-15-7-5-4-6-14(15)2)12-16-8-10-20-13-18(16)19/h4-8,10,13,17,21H,3,9,11-12H2,1-2H3. The van der Waals surface area contributed by atoms with Crippen LogP contribution in [-0.2, 0) is 12.8 Å². The van der Waals surface area contributed by atoms with Crippen LogP contribution in [0.25, 0.3) is 0 Å². The molecule has 0 amide bonds. The summed E-state index contributed by atoms with van der Waals surface area (Å²) >= 11 is 6.25. The lowest BCUT2D eigenvalue weighted by atomic mass is 9.96. The van der Waals surface area contributed by atoms with Crippen LogP contribution in [0.1, 0.15) is 30.0 Å². The highest BCUT2D eigenvalue weighted by atomic mass is 35.5. The molecule has 1 N–H and O–H groups in total. The molecular weight excluding hydrogens is 280 g/mol. The maximum atomic E-state index is 6.25. The second-order valence-electron chi connectivity index (χ2n) is 5.45. The van der Waals surface area contributed by atoms with Crippen molar-refractivity contribution >= 4 is 11.6 Å². The van der Waals surface area contributed by atoms with Crippen molar-refractivity contribution in [1.82, 2.24) is 10.3 Å². The molecule has 21 heavy (non-hydrogen) atoms. The maximum absolute atomic E-state index is 6.25. The van der Waals surface area contributed by atoms with E-state index < -0.39 is 0 Å². The summed E-state index contributed by atoms with van der Waals surface area (Å²) in [5.41, 5.74) is 3.91. The maximum Gasteiger partial charge on any atom is 0.0621 e. The molecule has 1 aromatic carbocycles. The molecule has 3 heteroatoms. The quantitative estimate of drug-likeness (QED) is 0.829. The summed E-state index contributed by atoms with van der Waals surface area (Å²) in [4.78, 5) is 4.06. The largest absolute Gasteiger partial charge is 0.313 e. The lowest BCUT2D eigenvalue weighted by Crippen LogP contribution is -2.34. The first-order valence-electron chi connectivity index (χ1n) is 7.57. The zero-order valence-corrected chi connectivity index (χ0v) is 13.5. The molecule has 1 unspecified atom stereocenters. The number of nitrogens with one attached hydrogen (secondary N) is 1. The van der Waals surface area contributed by atoms with Gasteiger partial charge in [-0.3, -0.25) is 4.98 Å². The van der Waals surface area contributed by atoms with Crippen LogP contribution < -0.4 is 5.32 Å². The van der Waals surface area contributed by atoms with Crippen LogP contribution in [0.5, 0.6) is 0 Å². The number of halogens is 1. The molecule has 1 aromatic heterocycles. The Bertz CT molecular complexity index is 521. The first-order chi connectivity index (χ1) is 10.2. The van der Waals surface area contributed by atoms with Gasteiger partial charge in [-0.2, -0.15) is 0 Å². The SMILES string of the molecule is CCCNC(Cc1ccccc1C)Cc1ccncc1Cl. The Kier molecular flexibility index (Phi) is 6.21. The highest BCUT2D eigenvalue weighted by molar-refractivity contribution is 6.31. The lowest BCUT2D eigenvalue weighted by Gasteiger charge is -2.20. The molecule has 1 atom stereocenters. The van der Waals surface area contributed by atoms with E-state index in [4.69, 9.17) is 11.6 Å². The normalized spacial score (nSPS) is 12.3. The van der Waals surface area contributed by atoms with Crippen LogP contribution >= 0.6 is 11.6 Å². The fraction of sp³-hybridized carbons (Fsp3) is 0.389. The Hall–Kier alpha value is -1.38. The van der Waals surface area contributed by atoms with E-state index in [1.54, 1.807) is 6.20 Å². The summed E-state index contributed by atoms with van der Waals surface area (Å²) in [6.07, 6.45) is 6.61. The van der Waals surface area contributed by atoms with E-state index in [1.807, 2.05) is 12.3 Å². The Labute approximate surface area is 132 Å². The molecule has 2 aromatic rings. The topological polar surface area (TPSA) is 24.9 Å². The molecule has 0 fully saturated rings. The predicted octanol–water partition coefficient (Wildman–Crippen LogP) is 4.20. The summed E-state index contributed by atoms with van der Waals surface area (Å²) in [6.45, 7) is 5.39. The minimum Gasteiger partial charge on any atom is -0.313 e. The summed E-state index contributed by atoms with van der Waals surface area (Å²) in [5.74, 6) is 0. The van der Waals surface area contributed by atoms with Crippen molar-refractivity contribution in [2.75, 3.05) is 6.54 Å². The fourth-order valence-electron chi connectivity index (χ4n) is 2.50. The second kappa shape index (κ2) is 8.16. The zero-order valence-electron chi connectivity index (χ0n) is 12.8. The second-order valence-corrected chi connectivity index (χ2v) is 5.86. The van der Waals surface area contributed by atoms with Gasteiger partial charge in [-0.25, -0.2) is 0 Å². The smallest absolute Gasteiger partial charge is 0.0621 e. The molecule has 2 nitrogen and oxygen atoms in total. The Morgan fingerprint density at radius 3 is 2.62 bits per heavy atom. The van der Waals surface area contributed by atoms with E-state index >= 15 is 0 Å². The van der Waals surface area contributed by atoms with Crippen LogP contribution in [-0.4, -0.2) is 17.6 Å². The third-order valence-corrected chi connectivity index (χ3v) is 4.07. The number of hydrogen-bond acceptors (Lipinski definition) is 2. The van der Waals surface area contributed by atoms with Gasteiger partial charge in [0.2, 0.25) is 0 Å². The first kappa shape index (κ1) is 16.0. The molecule has 0 aliphatic carbocycles. The minimum absolute atomic E-state index is 0.394. The molecule has 0 aliphatic rings. The van der Waals surface area contributed by atoms with E-state index in [0.717, 1.165) is 36.4 Å². The molecular formula is C18H23ClN2. The monoisotopic (exact) mass is 302 g/mol. The molecule has 0 spiro atoms. The van der Waals surface area contributed by atoms with E-state index in [-0.39, 0.29) is 0 Å². The van der Waals surface area contributed by atoms with Gasteiger partial charge in [0.1, 0.15) is 0 Å². The van der Waals surface area contributed by atoms with Gasteiger partial charge in [0.05, 0.1) is 5.02 Å². The van der Waals surface area contributed by atoms with Crippen molar-refractivity contribution in [1.29, 1.82) is 0 Å². The molecule has 0 saturated carbocycles. The summed E-state index contributed by atoms with van der Waals surface area (Å²) in [5, 5.41) is 4.40. The van der Waals surface area contributed by atoms with Crippen LogP contribution in [0.2, 0.25) is 5.02 Å². The molecule has 0 saturated heterocycles. The van der Waals surface area contributed by atoms with Gasteiger partial charge in [0, 0.05) is 18.4 Å². The van der Waals surface area contributed by atoms with Crippen molar-refractivity contribution in [3.8, 4) is 0 Å². The van der Waals surface area contributed by atoms with E-state index in [0.29, 0.717) is 6.04 Å². The van der Waals surface area contributed by atoms with Gasteiger partial charge in [0.25, 0.3) is 0 Å². The van der Waals surface area contributed by atoms with Crippen molar-refractivity contribution in [2.24, 2.45) is 0 Å². The molecule has 0 aliphatic heterocycles. The summed E-state index contributed by atoms with van der Waals surface area (Å²) in [7, 11) is 0. The highest BCUT2D eigenvalue weighted by Gasteiger charge is 2.13. The van der Waals surface area contributed by atoms with Gasteiger partial charge >= 0.3 is 0 Å². The summed E-state index contributed by atoms with van der Waals surface area (Å²) < 4.78 is 0. The number of pyridine rings is 1. The van der Waals surface area contributed by atoms with Crippen molar-refractivity contribution in [2.45, 2.75) is 39.2 Å². The highest BCUT2D eigenvalue weighted by Crippen LogP contribution is 2.18. The van der Waals surface area contributed by atoms with Crippen molar-refractivity contribution < 1.29 is 0 Å². The number of hydrogen-bond donors (Lipinski definition) is 1. The third kappa shape index (κ3) is 4.83. The van der Waals surface area contributed by atoms with Gasteiger partial charge in [0.15, 0.2) is 0 Å². The average molecular weight is 303 g/mol. The van der Waals surface area contributed by atoms with Crippen molar-refractivity contribution in [3.63, 3.8) is 0 Å². The average Bonchev–Trinajstić information content (AvgIpc) is 2.49. The molecule has 0 radical (unpaired) electrons. The van der Waals surface area contributed by atoms with E-state index in [9.17, 15) is 0 Å². The Morgan fingerprint density at radius 2 is 1.90 bits per heavy atom. The number of aromatic nitrogens is 1. The van der Waals surface area contributed by atoms with Gasteiger partial charge in [-0.05, 0) is 55.5 Å². The van der Waals surface area contributed by atoms with Crippen LogP contribution in [0.3, 0.4) is 0 Å². The molecule has 0 bridgehead atoms. The Morgan fingerprint density at radius 1 is 1.14 bits per heavy atom. The van der Waals surface area contributed by atoms with Crippen LogP contribution in [0.15, 0.2) is 42.7 Å². The number of nitrogens with zero attached hydrogens (tertiary/aromatic N) is 1. The first-order valence-corrected chi connectivity index (χ1v) is 7.94. The number of rotatable bonds is 7. The number of benzene rings is 1.